The number of aromatic nitrogens is 2. The molecule has 2 bridgehead atoms. The third-order valence-corrected chi connectivity index (χ3v) is 7.12. The molecule has 0 amide bonds. The predicted octanol–water partition coefficient (Wildman–Crippen LogP) is 4.27. The average molecular weight is 458 g/mol. The Balaban J connectivity index is 1.66. The van der Waals surface area contributed by atoms with Crippen molar-refractivity contribution < 1.29 is 9.90 Å². The molecule has 0 aliphatic carbocycles. The van der Waals surface area contributed by atoms with Gasteiger partial charge in [-0.3, -0.25) is 9.20 Å². The van der Waals surface area contributed by atoms with Gasteiger partial charge in [0.25, 0.3) is 5.56 Å². The van der Waals surface area contributed by atoms with Crippen molar-refractivity contribution in [3.05, 3.63) is 69.1 Å². The monoisotopic (exact) mass is 457 g/mol. The second-order valence-corrected chi connectivity index (χ2v) is 9.33. The first kappa shape index (κ1) is 22.0. The Kier molecular flexibility index (Phi) is 5.48. The topological polar surface area (TPSA) is 111 Å². The van der Waals surface area contributed by atoms with Gasteiger partial charge in [0, 0.05) is 29.5 Å². The van der Waals surface area contributed by atoms with Gasteiger partial charge in [0.15, 0.2) is 11.4 Å². The molecular formula is C26H27N5O3. The Labute approximate surface area is 197 Å². The average Bonchev–Trinajstić information content (AvgIpc) is 3.06. The minimum atomic E-state index is -1.01. The molecule has 2 aliphatic heterocycles. The van der Waals surface area contributed by atoms with Crippen LogP contribution in [0, 0.1) is 18.3 Å². The van der Waals surface area contributed by atoms with Crippen LogP contribution in [-0.2, 0) is 0 Å². The van der Waals surface area contributed by atoms with Gasteiger partial charge in [-0.2, -0.15) is 5.26 Å². The number of nitrogens with one attached hydrogen (secondary N) is 1. The van der Waals surface area contributed by atoms with E-state index in [1.54, 1.807) is 30.5 Å². The molecule has 4 heterocycles. The standard InChI is InChI=1S/C26H27N5O3/c1-15-12-20(16(2)28-22-9-4-3-8-19(22)26(33)34)23-29-24(21(13-27)25(32)30(23)14-15)31-17-6-5-7-18(31)11-10-17/h3-4,8-9,12,14,16-18,28H,5-7,10-11H2,1-2H3,(H,33,34)/t16-,17?,18?/m1/s1. The van der Waals surface area contributed by atoms with Gasteiger partial charge in [0.2, 0.25) is 0 Å². The number of nitrogens with zero attached hydrogens (tertiary/aromatic N) is 4. The summed E-state index contributed by atoms with van der Waals surface area (Å²) >= 11 is 0. The molecule has 34 heavy (non-hydrogen) atoms. The summed E-state index contributed by atoms with van der Waals surface area (Å²) in [5.74, 6) is -0.525. The molecule has 2 aliphatic rings. The molecular weight excluding hydrogens is 430 g/mol. The fourth-order valence-corrected chi connectivity index (χ4v) is 5.57. The zero-order valence-electron chi connectivity index (χ0n) is 19.3. The van der Waals surface area contributed by atoms with Gasteiger partial charge < -0.3 is 15.3 Å². The van der Waals surface area contributed by atoms with Crippen molar-refractivity contribution in [2.75, 3.05) is 10.2 Å². The minimum Gasteiger partial charge on any atom is -0.478 e. The lowest BCUT2D eigenvalue weighted by Crippen LogP contribution is -2.42. The number of fused-ring (bicyclic) bond motifs is 3. The van der Waals surface area contributed by atoms with Crippen LogP contribution in [0.25, 0.3) is 5.65 Å². The highest BCUT2D eigenvalue weighted by Gasteiger charge is 2.39. The normalized spacial score (nSPS) is 20.2. The van der Waals surface area contributed by atoms with Gasteiger partial charge in [-0.25, -0.2) is 9.78 Å². The van der Waals surface area contributed by atoms with E-state index in [1.165, 1.54) is 4.40 Å². The van der Waals surface area contributed by atoms with E-state index < -0.39 is 5.97 Å². The number of benzene rings is 1. The summed E-state index contributed by atoms with van der Waals surface area (Å²) in [5.41, 5.74) is 2.50. The summed E-state index contributed by atoms with van der Waals surface area (Å²) in [5, 5.41) is 22.8. The van der Waals surface area contributed by atoms with Gasteiger partial charge in [0.05, 0.1) is 11.6 Å². The van der Waals surface area contributed by atoms with Crippen molar-refractivity contribution in [1.29, 1.82) is 5.26 Å². The number of rotatable bonds is 5. The van der Waals surface area contributed by atoms with E-state index in [4.69, 9.17) is 4.98 Å². The maximum absolute atomic E-state index is 13.5. The third kappa shape index (κ3) is 3.58. The highest BCUT2D eigenvalue weighted by molar-refractivity contribution is 5.94. The lowest BCUT2D eigenvalue weighted by atomic mass is 10.0. The molecule has 5 rings (SSSR count). The van der Waals surface area contributed by atoms with Crippen LogP contribution in [0.4, 0.5) is 11.5 Å². The molecule has 8 heteroatoms. The quantitative estimate of drug-likeness (QED) is 0.589. The largest absolute Gasteiger partial charge is 0.478 e. The van der Waals surface area contributed by atoms with Crippen LogP contribution in [0.5, 0.6) is 0 Å². The van der Waals surface area contributed by atoms with Crippen molar-refractivity contribution in [1.82, 2.24) is 9.38 Å². The molecule has 1 aromatic carbocycles. The van der Waals surface area contributed by atoms with Crippen molar-refractivity contribution in [2.24, 2.45) is 0 Å². The summed E-state index contributed by atoms with van der Waals surface area (Å²) in [7, 11) is 0. The number of anilines is 2. The Hall–Kier alpha value is -3.86. The molecule has 8 nitrogen and oxygen atoms in total. The first-order valence-electron chi connectivity index (χ1n) is 11.7. The second-order valence-electron chi connectivity index (χ2n) is 9.33. The minimum absolute atomic E-state index is 0.0877. The number of carbonyl (C=O) groups is 1. The predicted molar refractivity (Wildman–Crippen MR) is 129 cm³/mol. The number of para-hydroxylation sites is 1. The van der Waals surface area contributed by atoms with Gasteiger partial charge in [0.1, 0.15) is 11.7 Å². The van der Waals surface area contributed by atoms with Gasteiger partial charge in [-0.05, 0) is 69.7 Å². The Bertz CT molecular complexity index is 1370. The molecule has 0 saturated carbocycles. The van der Waals surface area contributed by atoms with E-state index >= 15 is 0 Å². The molecule has 174 valence electrons. The first-order chi connectivity index (χ1) is 16.4. The Morgan fingerprint density at radius 3 is 2.62 bits per heavy atom. The number of hydrogen-bond donors (Lipinski definition) is 2. The summed E-state index contributed by atoms with van der Waals surface area (Å²) in [6.07, 6.45) is 7.08. The molecule has 2 saturated heterocycles. The van der Waals surface area contributed by atoms with Crippen LogP contribution in [0.2, 0.25) is 0 Å². The molecule has 2 unspecified atom stereocenters. The number of carboxylic acids is 1. The number of hydrogen-bond acceptors (Lipinski definition) is 6. The number of aromatic carboxylic acids is 1. The lowest BCUT2D eigenvalue weighted by molar-refractivity contribution is 0.0698. The number of nitriles is 1. The Morgan fingerprint density at radius 1 is 1.24 bits per heavy atom. The highest BCUT2D eigenvalue weighted by Crippen LogP contribution is 2.39. The molecule has 0 radical (unpaired) electrons. The number of carboxylic acid groups (broad SMARTS) is 1. The summed E-state index contributed by atoms with van der Waals surface area (Å²) in [6.45, 7) is 3.81. The van der Waals surface area contributed by atoms with E-state index in [0.717, 1.165) is 43.2 Å². The van der Waals surface area contributed by atoms with E-state index in [1.807, 2.05) is 19.9 Å². The van der Waals surface area contributed by atoms with Crippen LogP contribution in [0.1, 0.15) is 72.1 Å². The molecule has 3 aromatic rings. The van der Waals surface area contributed by atoms with Crippen LogP contribution in [0.15, 0.2) is 41.3 Å². The zero-order valence-corrected chi connectivity index (χ0v) is 19.3. The van der Waals surface area contributed by atoms with Crippen LogP contribution in [0.3, 0.4) is 0 Å². The number of piperidine rings is 1. The number of pyridine rings is 1. The summed E-state index contributed by atoms with van der Waals surface area (Å²) < 4.78 is 1.46. The van der Waals surface area contributed by atoms with Crippen molar-refractivity contribution in [2.45, 2.75) is 64.1 Å². The summed E-state index contributed by atoms with van der Waals surface area (Å²) in [4.78, 5) is 32.3. The first-order valence-corrected chi connectivity index (χ1v) is 11.7. The molecule has 2 N–H and O–H groups in total. The molecule has 2 aromatic heterocycles. The third-order valence-electron chi connectivity index (χ3n) is 7.12. The van der Waals surface area contributed by atoms with Crippen molar-refractivity contribution >= 4 is 23.1 Å². The van der Waals surface area contributed by atoms with Crippen molar-refractivity contribution in [3.63, 3.8) is 0 Å². The van der Waals surface area contributed by atoms with E-state index in [0.29, 0.717) is 29.2 Å². The zero-order chi connectivity index (χ0) is 24.0. The maximum atomic E-state index is 13.5. The second kappa shape index (κ2) is 8.49. The van der Waals surface area contributed by atoms with E-state index in [2.05, 4.69) is 16.3 Å². The van der Waals surface area contributed by atoms with Crippen LogP contribution in [-0.4, -0.2) is 32.5 Å². The van der Waals surface area contributed by atoms with Gasteiger partial charge >= 0.3 is 5.97 Å². The fourth-order valence-electron chi connectivity index (χ4n) is 5.57. The highest BCUT2D eigenvalue weighted by atomic mass is 16.4. The van der Waals surface area contributed by atoms with Gasteiger partial charge in [-0.15, -0.1) is 0 Å². The smallest absolute Gasteiger partial charge is 0.337 e. The fraction of sp³-hybridized carbons (Fsp3) is 0.385. The van der Waals surface area contributed by atoms with E-state index in [-0.39, 0.29) is 22.7 Å². The number of aryl methyl sites for hydroxylation is 1. The lowest BCUT2D eigenvalue weighted by Gasteiger charge is -2.36. The molecule has 3 atom stereocenters. The van der Waals surface area contributed by atoms with Crippen LogP contribution < -0.4 is 15.8 Å². The molecule has 0 spiro atoms. The Morgan fingerprint density at radius 2 is 1.94 bits per heavy atom. The van der Waals surface area contributed by atoms with Gasteiger partial charge in [-0.1, -0.05) is 12.1 Å². The van der Waals surface area contributed by atoms with Crippen molar-refractivity contribution in [3.8, 4) is 6.07 Å². The maximum Gasteiger partial charge on any atom is 0.337 e. The summed E-state index contributed by atoms with van der Waals surface area (Å²) in [6, 6.07) is 11.1. The molecule has 2 fully saturated rings. The van der Waals surface area contributed by atoms with Crippen LogP contribution >= 0.6 is 0 Å². The van der Waals surface area contributed by atoms with E-state index in [9.17, 15) is 20.0 Å². The SMILES string of the molecule is Cc1cc([C@@H](C)Nc2ccccc2C(=O)O)c2nc(N3C4CCCC3CC4)c(C#N)c(=O)n2c1.